The second-order valence-electron chi connectivity index (χ2n) is 5.75. The highest BCUT2D eigenvalue weighted by molar-refractivity contribution is 7.24. The maximum Gasteiger partial charge on any atom is 0.178 e. The average Bonchev–Trinajstić information content (AvgIpc) is 2.67. The summed E-state index contributed by atoms with van der Waals surface area (Å²) in [5.74, 6) is 0.263. The lowest BCUT2D eigenvalue weighted by molar-refractivity contribution is 0.0949. The van der Waals surface area contributed by atoms with Crippen LogP contribution in [-0.2, 0) is 4.57 Å². The maximum atomic E-state index is 13.5. The maximum absolute atomic E-state index is 13.5. The molecule has 2 rings (SSSR count). The highest BCUT2D eigenvalue weighted by Gasteiger charge is 2.34. The minimum absolute atomic E-state index is 0.0317. The van der Waals surface area contributed by atoms with Gasteiger partial charge in [-0.15, -0.1) is 0 Å². The lowest BCUT2D eigenvalue weighted by Crippen LogP contribution is -2.24. The number of benzene rings is 2. The van der Waals surface area contributed by atoms with Crippen molar-refractivity contribution in [3.63, 3.8) is 0 Å². The molecule has 0 spiro atoms. The minimum atomic E-state index is -0.523. The van der Waals surface area contributed by atoms with E-state index >= 15 is 0 Å². The van der Waals surface area contributed by atoms with E-state index in [1.54, 1.807) is 18.2 Å². The molecule has 2 unspecified atom stereocenters. The fraction of sp³-hybridized carbons (Fsp3) is 0.350. The van der Waals surface area contributed by atoms with Crippen LogP contribution in [0.15, 0.2) is 48.5 Å². The second-order valence-corrected chi connectivity index (χ2v) is 6.63. The average molecular weight is 358 g/mol. The summed E-state index contributed by atoms with van der Waals surface area (Å²) >= 11 is 0. The molecular weight excluding hydrogens is 335 g/mol. The van der Waals surface area contributed by atoms with Crippen LogP contribution in [0.4, 0.5) is 0 Å². The quantitative estimate of drug-likeness (QED) is 0.460. The molecule has 0 fully saturated rings. The van der Waals surface area contributed by atoms with E-state index in [4.69, 9.17) is 9.47 Å². The van der Waals surface area contributed by atoms with E-state index < -0.39 is 5.92 Å². The van der Waals surface area contributed by atoms with Crippen LogP contribution in [0, 0.1) is 0 Å². The highest BCUT2D eigenvalue weighted by atomic mass is 31.1. The molecule has 0 saturated carbocycles. The Morgan fingerprint density at radius 1 is 1.00 bits per heavy atom. The predicted octanol–water partition coefficient (Wildman–Crippen LogP) is 5.13. The first-order chi connectivity index (χ1) is 12.2. The summed E-state index contributed by atoms with van der Waals surface area (Å²) in [6, 6.07) is 14.7. The lowest BCUT2D eigenvalue weighted by atomic mass is 9.85. The monoisotopic (exact) mass is 358 g/mol. The van der Waals surface area contributed by atoms with Crippen molar-refractivity contribution in [1.82, 2.24) is 0 Å². The largest absolute Gasteiger partial charge is 0.496 e. The van der Waals surface area contributed by atoms with Gasteiger partial charge in [-0.05, 0) is 24.1 Å². The van der Waals surface area contributed by atoms with Gasteiger partial charge < -0.3 is 9.47 Å². The Hall–Kier alpha value is -2.19. The smallest absolute Gasteiger partial charge is 0.178 e. The van der Waals surface area contributed by atoms with Gasteiger partial charge in [-0.1, -0.05) is 49.7 Å². The molecule has 2 atom stereocenters. The molecule has 0 amide bonds. The van der Waals surface area contributed by atoms with Crippen molar-refractivity contribution in [3.8, 4) is 11.5 Å². The Morgan fingerprint density at radius 3 is 2.08 bits per heavy atom. The molecule has 0 radical (unpaired) electrons. The molecule has 2 aromatic rings. The molecule has 0 aliphatic carbocycles. The van der Waals surface area contributed by atoms with E-state index in [0.29, 0.717) is 23.5 Å². The van der Waals surface area contributed by atoms with Crippen LogP contribution in [0.25, 0.3) is 0 Å². The molecule has 4 nitrogen and oxygen atoms in total. The van der Waals surface area contributed by atoms with Gasteiger partial charge in [0.05, 0.1) is 25.8 Å². The van der Waals surface area contributed by atoms with Crippen molar-refractivity contribution >= 4 is 14.2 Å². The van der Waals surface area contributed by atoms with Gasteiger partial charge in [0.25, 0.3) is 0 Å². The van der Waals surface area contributed by atoms with Crippen LogP contribution in [0.2, 0.25) is 0 Å². The van der Waals surface area contributed by atoms with Crippen LogP contribution in [0.3, 0.4) is 0 Å². The van der Waals surface area contributed by atoms with E-state index in [9.17, 15) is 9.36 Å². The summed E-state index contributed by atoms with van der Waals surface area (Å²) < 4.78 is 22.6. The van der Waals surface area contributed by atoms with Gasteiger partial charge in [-0.3, -0.25) is 9.36 Å². The first-order valence-corrected chi connectivity index (χ1v) is 9.18. The van der Waals surface area contributed by atoms with Gasteiger partial charge in [0, 0.05) is 0 Å². The number of carbonyl (C=O) groups is 1. The van der Waals surface area contributed by atoms with E-state index in [2.05, 4.69) is 0 Å². The van der Waals surface area contributed by atoms with Gasteiger partial charge in [0.2, 0.25) is 0 Å². The molecule has 25 heavy (non-hydrogen) atoms. The first-order valence-electron chi connectivity index (χ1n) is 8.30. The van der Waals surface area contributed by atoms with Gasteiger partial charge in [0.1, 0.15) is 17.1 Å². The Labute approximate surface area is 150 Å². The molecule has 0 heterocycles. The van der Waals surface area contributed by atoms with Crippen LogP contribution >= 0.6 is 8.46 Å². The highest BCUT2D eigenvalue weighted by Crippen LogP contribution is 2.39. The number of ketones is 1. The van der Waals surface area contributed by atoms with Crippen molar-refractivity contribution in [2.45, 2.75) is 31.3 Å². The number of hydrogen-bond donors (Lipinski definition) is 0. The molecule has 2 aromatic carbocycles. The van der Waals surface area contributed by atoms with Crippen LogP contribution in [0.5, 0.6) is 11.5 Å². The Kier molecular flexibility index (Phi) is 7.15. The molecule has 0 N–H and O–H groups in total. The summed E-state index contributed by atoms with van der Waals surface area (Å²) in [4.78, 5) is 13.5. The zero-order valence-electron chi connectivity index (χ0n) is 14.8. The van der Waals surface area contributed by atoms with E-state index in [1.807, 2.05) is 37.3 Å². The number of carbonyl (C=O) groups excluding carboxylic acids is 1. The molecule has 0 saturated heterocycles. The third-order valence-corrected chi connectivity index (χ3v) is 5.05. The summed E-state index contributed by atoms with van der Waals surface area (Å²) in [6.45, 7) is 2.02. The van der Waals surface area contributed by atoms with Crippen molar-refractivity contribution in [3.05, 3.63) is 59.7 Å². The Morgan fingerprint density at radius 2 is 1.60 bits per heavy atom. The van der Waals surface area contributed by atoms with Crippen LogP contribution in [0.1, 0.15) is 41.6 Å². The Balaban J connectivity index is 2.58. The van der Waals surface area contributed by atoms with Crippen LogP contribution < -0.4 is 9.47 Å². The Bertz CT molecular complexity index is 693. The molecular formula is C20H23O4P. The first kappa shape index (κ1) is 19.1. The third-order valence-electron chi connectivity index (χ3n) is 4.22. The third kappa shape index (κ3) is 4.26. The molecule has 0 aliphatic rings. The fourth-order valence-electron chi connectivity index (χ4n) is 3.03. The van der Waals surface area contributed by atoms with E-state index in [1.165, 1.54) is 14.2 Å². The lowest BCUT2D eigenvalue weighted by Gasteiger charge is -2.23. The van der Waals surface area contributed by atoms with Crippen molar-refractivity contribution < 1.29 is 18.8 Å². The van der Waals surface area contributed by atoms with Gasteiger partial charge in [-0.2, -0.15) is 0 Å². The number of rotatable bonds is 9. The zero-order valence-corrected chi connectivity index (χ0v) is 15.7. The van der Waals surface area contributed by atoms with Crippen LogP contribution in [-0.4, -0.2) is 25.7 Å². The fourth-order valence-corrected chi connectivity index (χ4v) is 3.83. The zero-order chi connectivity index (χ0) is 18.2. The van der Waals surface area contributed by atoms with Crippen molar-refractivity contribution in [2.24, 2.45) is 0 Å². The summed E-state index contributed by atoms with van der Waals surface area (Å²) in [6.07, 6.45) is 1.54. The van der Waals surface area contributed by atoms with E-state index in [0.717, 1.165) is 12.0 Å². The number of hydrogen-bond acceptors (Lipinski definition) is 4. The van der Waals surface area contributed by atoms with Crippen molar-refractivity contribution in [1.29, 1.82) is 0 Å². The molecule has 0 aliphatic heterocycles. The normalized spacial score (nSPS) is 13.2. The number of ether oxygens (including phenoxy) is 2. The SMILES string of the molecule is CCCC(P=O)C(C(=O)c1c(OC)cccc1OC)c1ccccc1. The predicted molar refractivity (Wildman–Crippen MR) is 99.4 cm³/mol. The molecule has 132 valence electrons. The second kappa shape index (κ2) is 9.33. The van der Waals surface area contributed by atoms with Gasteiger partial charge in [-0.25, -0.2) is 0 Å². The standard InChI is InChI=1S/C20H23O4P/c1-4-9-17(25-22)18(14-10-6-5-7-11-14)20(21)19-15(23-2)12-8-13-16(19)24-3/h5-8,10-13,17-18H,4,9H2,1-3H3. The minimum Gasteiger partial charge on any atom is -0.496 e. The summed E-state index contributed by atoms with van der Waals surface area (Å²) in [7, 11) is 3.02. The molecule has 0 bridgehead atoms. The molecule has 0 aromatic heterocycles. The van der Waals surface area contributed by atoms with Gasteiger partial charge in [0.15, 0.2) is 14.2 Å². The number of methoxy groups -OCH3 is 2. The number of Topliss-reactive ketones (excluding diaryl/α,β-unsaturated/α-hetero) is 1. The summed E-state index contributed by atoms with van der Waals surface area (Å²) in [5, 5.41) is 0. The topological polar surface area (TPSA) is 52.6 Å². The summed E-state index contributed by atoms with van der Waals surface area (Å²) in [5.41, 5.74) is 0.947. The van der Waals surface area contributed by atoms with Gasteiger partial charge >= 0.3 is 0 Å². The van der Waals surface area contributed by atoms with E-state index in [-0.39, 0.29) is 19.9 Å². The van der Waals surface area contributed by atoms with Crippen molar-refractivity contribution in [2.75, 3.05) is 14.2 Å². The molecule has 5 heteroatoms.